The molecule has 4 bridgehead atoms. The first-order valence-corrected chi connectivity index (χ1v) is 5.52. The summed E-state index contributed by atoms with van der Waals surface area (Å²) in [7, 11) is 0. The molecule has 0 unspecified atom stereocenters. The van der Waals surface area contributed by atoms with Crippen LogP contribution in [0, 0.1) is 27.9 Å². The van der Waals surface area contributed by atoms with Crippen molar-refractivity contribution in [1.29, 1.82) is 0 Å². The molecule has 4 rings (SSSR count). The summed E-state index contributed by atoms with van der Waals surface area (Å²) in [5, 5.41) is 23.7. The van der Waals surface area contributed by atoms with E-state index in [1.54, 1.807) is 0 Å². The smallest absolute Gasteiger partial charge is 0.291 e. The lowest BCUT2D eigenvalue weighted by Crippen LogP contribution is -2.50. The number of nitrogens with zero attached hydrogens (tertiary/aromatic N) is 1. The largest absolute Gasteiger partial charge is 0.390 e. The van der Waals surface area contributed by atoms with Gasteiger partial charge >= 0.3 is 0 Å². The zero-order valence-corrected chi connectivity index (χ0v) is 8.63. The molecule has 4 aliphatic rings. The highest BCUT2D eigenvalue weighted by atomic mass is 16.9. The van der Waals surface area contributed by atoms with Crippen LogP contribution in [0.3, 0.4) is 0 Å². The molecule has 0 heterocycles. The lowest BCUT2D eigenvalue weighted by molar-refractivity contribution is -0.742. The molecule has 0 aromatic heterocycles. The van der Waals surface area contributed by atoms with Crippen molar-refractivity contribution in [3.63, 3.8) is 0 Å². The predicted molar refractivity (Wildman–Crippen MR) is 51.9 cm³/mol. The number of hydrogen-bond acceptors (Lipinski definition) is 3. The first-order chi connectivity index (χ1) is 6.97. The van der Waals surface area contributed by atoms with Crippen LogP contribution in [0.15, 0.2) is 0 Å². The fraction of sp³-hybridized carbons (Fsp3) is 1.00. The SMILES string of the molecule is O=[N+]([O-])O.OC12CC3CC(CC(C3)C1)C2. The number of aliphatic hydroxyl groups is 1. The summed E-state index contributed by atoms with van der Waals surface area (Å²) in [6, 6.07) is 0. The highest BCUT2D eigenvalue weighted by Gasteiger charge is 2.49. The van der Waals surface area contributed by atoms with E-state index in [0.29, 0.717) is 0 Å². The highest BCUT2D eigenvalue weighted by Crippen LogP contribution is 2.55. The molecular formula is C10H17NO4. The first kappa shape index (κ1) is 10.7. The zero-order chi connectivity index (χ0) is 11.1. The lowest BCUT2D eigenvalue weighted by Gasteiger charge is -2.54. The van der Waals surface area contributed by atoms with Gasteiger partial charge < -0.3 is 10.3 Å². The maximum atomic E-state index is 10.1. The third-order valence-corrected chi connectivity index (χ3v) is 4.01. The van der Waals surface area contributed by atoms with E-state index in [-0.39, 0.29) is 5.60 Å². The molecule has 0 radical (unpaired) electrons. The van der Waals surface area contributed by atoms with Gasteiger partial charge in [0.25, 0.3) is 5.09 Å². The average molecular weight is 215 g/mol. The van der Waals surface area contributed by atoms with Crippen molar-refractivity contribution in [1.82, 2.24) is 0 Å². The van der Waals surface area contributed by atoms with Crippen LogP contribution in [0.1, 0.15) is 38.5 Å². The van der Waals surface area contributed by atoms with Crippen LogP contribution in [0.25, 0.3) is 0 Å². The van der Waals surface area contributed by atoms with Gasteiger partial charge in [0.05, 0.1) is 5.60 Å². The Bertz CT molecular complexity index is 227. The summed E-state index contributed by atoms with van der Waals surface area (Å²) in [5.74, 6) is 2.68. The molecule has 0 aliphatic heterocycles. The van der Waals surface area contributed by atoms with E-state index in [4.69, 9.17) is 15.3 Å². The van der Waals surface area contributed by atoms with Crippen LogP contribution in [0.2, 0.25) is 0 Å². The number of hydrogen-bond donors (Lipinski definition) is 2. The minimum absolute atomic E-state index is 0.200. The summed E-state index contributed by atoms with van der Waals surface area (Å²) < 4.78 is 0. The molecule has 0 spiro atoms. The Labute approximate surface area is 88.2 Å². The van der Waals surface area contributed by atoms with Gasteiger partial charge in [-0.15, -0.1) is 10.1 Å². The van der Waals surface area contributed by atoms with Gasteiger partial charge in [-0.25, -0.2) is 0 Å². The third kappa shape index (κ3) is 2.40. The Balaban J connectivity index is 0.000000188. The number of rotatable bonds is 0. The normalized spacial score (nSPS) is 45.8. The van der Waals surface area contributed by atoms with Crippen molar-refractivity contribution in [2.75, 3.05) is 0 Å². The van der Waals surface area contributed by atoms with Crippen molar-refractivity contribution in [2.24, 2.45) is 17.8 Å². The standard InChI is InChI=1S/C10H16O.HNO3/c11-10-4-7-1-8(5-10)3-9(2-7)6-10;2-1(3)4/h7-9,11H,1-6H2;(H,2,3,4). The van der Waals surface area contributed by atoms with E-state index in [9.17, 15) is 5.11 Å². The van der Waals surface area contributed by atoms with Crippen molar-refractivity contribution in [3.8, 4) is 0 Å². The Morgan fingerprint density at radius 1 is 1.07 bits per heavy atom. The quantitative estimate of drug-likeness (QED) is 0.475. The molecule has 86 valence electrons. The van der Waals surface area contributed by atoms with Crippen molar-refractivity contribution in [2.45, 2.75) is 44.1 Å². The maximum absolute atomic E-state index is 10.1. The summed E-state index contributed by atoms with van der Waals surface area (Å²) in [6.07, 6.45) is 7.66. The molecule has 0 aromatic rings. The van der Waals surface area contributed by atoms with E-state index in [2.05, 4.69) is 0 Å². The van der Waals surface area contributed by atoms with Crippen molar-refractivity contribution < 1.29 is 15.4 Å². The van der Waals surface area contributed by atoms with Crippen molar-refractivity contribution >= 4 is 0 Å². The molecule has 4 aliphatic carbocycles. The third-order valence-electron chi connectivity index (χ3n) is 4.01. The second kappa shape index (κ2) is 3.63. The van der Waals surface area contributed by atoms with Crippen LogP contribution in [-0.4, -0.2) is 21.0 Å². The molecule has 5 heteroatoms. The first-order valence-electron chi connectivity index (χ1n) is 5.52. The van der Waals surface area contributed by atoms with Crippen LogP contribution >= 0.6 is 0 Å². The minimum atomic E-state index is -1.50. The second-order valence-electron chi connectivity index (χ2n) is 5.38. The molecule has 4 fully saturated rings. The van der Waals surface area contributed by atoms with Gasteiger partial charge in [0.1, 0.15) is 0 Å². The van der Waals surface area contributed by atoms with Gasteiger partial charge in [-0.3, -0.25) is 0 Å². The Kier molecular flexibility index (Phi) is 2.58. The summed E-state index contributed by atoms with van der Waals surface area (Å²) in [5.41, 5.74) is -0.200. The van der Waals surface area contributed by atoms with Crippen molar-refractivity contribution in [3.05, 3.63) is 10.1 Å². The summed E-state index contributed by atoms with van der Waals surface area (Å²) >= 11 is 0. The molecular weight excluding hydrogens is 198 g/mol. The van der Waals surface area contributed by atoms with Gasteiger partial charge in [-0.1, -0.05) is 0 Å². The average Bonchev–Trinajstić information content (AvgIpc) is 1.96. The van der Waals surface area contributed by atoms with Gasteiger partial charge in [0, 0.05) is 0 Å². The fourth-order valence-electron chi connectivity index (χ4n) is 4.06. The van der Waals surface area contributed by atoms with Gasteiger partial charge in [0.2, 0.25) is 0 Å². The Morgan fingerprint density at radius 2 is 1.33 bits per heavy atom. The van der Waals surface area contributed by atoms with E-state index >= 15 is 0 Å². The Morgan fingerprint density at radius 3 is 1.53 bits per heavy atom. The highest BCUT2D eigenvalue weighted by molar-refractivity contribution is 5.01. The van der Waals surface area contributed by atoms with E-state index in [1.165, 1.54) is 19.3 Å². The minimum Gasteiger partial charge on any atom is -0.390 e. The van der Waals surface area contributed by atoms with Crippen LogP contribution in [-0.2, 0) is 0 Å². The molecule has 2 N–H and O–H groups in total. The van der Waals surface area contributed by atoms with Gasteiger partial charge in [-0.05, 0) is 56.3 Å². The molecule has 0 atom stereocenters. The van der Waals surface area contributed by atoms with Crippen LogP contribution < -0.4 is 0 Å². The summed E-state index contributed by atoms with van der Waals surface area (Å²) in [4.78, 5) is 8.36. The molecule has 15 heavy (non-hydrogen) atoms. The maximum Gasteiger partial charge on any atom is 0.291 e. The van der Waals surface area contributed by atoms with Crippen LogP contribution in [0.5, 0.6) is 0 Å². The van der Waals surface area contributed by atoms with E-state index in [0.717, 1.165) is 37.0 Å². The Hall–Kier alpha value is -0.840. The topological polar surface area (TPSA) is 83.6 Å². The van der Waals surface area contributed by atoms with E-state index < -0.39 is 5.09 Å². The molecule has 0 saturated heterocycles. The van der Waals surface area contributed by atoms with Gasteiger partial charge in [0.15, 0.2) is 0 Å². The van der Waals surface area contributed by atoms with Gasteiger partial charge in [-0.2, -0.15) is 0 Å². The lowest BCUT2D eigenvalue weighted by atomic mass is 9.54. The van der Waals surface area contributed by atoms with Crippen LogP contribution in [0.4, 0.5) is 0 Å². The summed E-state index contributed by atoms with van der Waals surface area (Å²) in [6.45, 7) is 0. The monoisotopic (exact) mass is 215 g/mol. The predicted octanol–water partition coefficient (Wildman–Crippen LogP) is 1.60. The second-order valence-corrected chi connectivity index (χ2v) is 5.38. The molecule has 4 saturated carbocycles. The fourth-order valence-corrected chi connectivity index (χ4v) is 4.06. The zero-order valence-electron chi connectivity index (χ0n) is 8.63. The molecule has 0 aromatic carbocycles. The molecule has 0 amide bonds. The molecule has 5 nitrogen and oxygen atoms in total. The van der Waals surface area contributed by atoms with E-state index in [1.807, 2.05) is 0 Å².